The summed E-state index contributed by atoms with van der Waals surface area (Å²) in [4.78, 5) is 39.5. The Kier molecular flexibility index (Phi) is 7.42. The Balaban J connectivity index is 1.30. The molecule has 4 heterocycles. The number of benzene rings is 1. The van der Waals surface area contributed by atoms with Gasteiger partial charge in [0.2, 0.25) is 11.9 Å². The number of ether oxygens (including phenoxy) is 1. The van der Waals surface area contributed by atoms with Crippen LogP contribution in [0.1, 0.15) is 32.4 Å². The first-order valence-corrected chi connectivity index (χ1v) is 13.4. The highest BCUT2D eigenvalue weighted by molar-refractivity contribution is 7.17. The van der Waals surface area contributed by atoms with Crippen molar-refractivity contribution in [3.63, 3.8) is 0 Å². The standard InChI is InChI=1S/C28H29N7O3S/c1-5-24(36)32-20-10-11-23(29-14-20)31-19-8-6-18(7-9-19)17(4)30-27-33-21-12-13-39-25(21)26(34-27)35-22(16(2)3)15-38-28(35)37/h5-14,16-17,22H,1,15H2,2-4H3,(H,29,31)(H,32,36)(H,30,33,34)/t17?,22-/m1/s1. The van der Waals surface area contributed by atoms with E-state index in [0.717, 1.165) is 21.5 Å². The fraction of sp³-hybridized carbons (Fsp3) is 0.250. The van der Waals surface area contributed by atoms with Crippen molar-refractivity contribution in [1.29, 1.82) is 0 Å². The number of aromatic nitrogens is 3. The van der Waals surface area contributed by atoms with Gasteiger partial charge in [-0.05, 0) is 60.2 Å². The minimum absolute atomic E-state index is 0.0837. The lowest BCUT2D eigenvalue weighted by Gasteiger charge is -2.24. The first-order valence-electron chi connectivity index (χ1n) is 12.6. The second-order valence-electron chi connectivity index (χ2n) is 9.50. The van der Waals surface area contributed by atoms with Gasteiger partial charge < -0.3 is 20.7 Å². The average Bonchev–Trinajstić information content (AvgIpc) is 3.56. The summed E-state index contributed by atoms with van der Waals surface area (Å²) in [7, 11) is 0. The first-order chi connectivity index (χ1) is 18.8. The van der Waals surface area contributed by atoms with Crippen LogP contribution >= 0.6 is 11.3 Å². The highest BCUT2D eigenvalue weighted by Crippen LogP contribution is 2.35. The van der Waals surface area contributed by atoms with Crippen LogP contribution in [0, 0.1) is 5.92 Å². The number of thiophene rings is 1. The van der Waals surface area contributed by atoms with E-state index in [1.54, 1.807) is 23.2 Å². The molecule has 4 aromatic rings. The zero-order valence-corrected chi connectivity index (χ0v) is 22.7. The lowest BCUT2D eigenvalue weighted by Crippen LogP contribution is -2.38. The van der Waals surface area contributed by atoms with Gasteiger partial charge in [-0.2, -0.15) is 4.98 Å². The third-order valence-electron chi connectivity index (χ3n) is 6.43. The van der Waals surface area contributed by atoms with E-state index < -0.39 is 0 Å². The number of nitrogens with one attached hydrogen (secondary N) is 3. The molecule has 1 aliphatic rings. The SMILES string of the molecule is C=CC(=O)Nc1ccc(Nc2ccc(C(C)Nc3nc(N4C(=O)OC[C@@H]4C(C)C)c4sccc4n3)cc2)nc1. The molecule has 1 aliphatic heterocycles. The number of pyridine rings is 1. The molecule has 39 heavy (non-hydrogen) atoms. The number of amides is 2. The normalized spacial score (nSPS) is 15.7. The quantitative estimate of drug-likeness (QED) is 0.216. The van der Waals surface area contributed by atoms with E-state index in [1.807, 2.05) is 42.6 Å². The number of hydrogen-bond donors (Lipinski definition) is 3. The first kappa shape index (κ1) is 26.1. The summed E-state index contributed by atoms with van der Waals surface area (Å²) in [6, 6.07) is 13.2. The van der Waals surface area contributed by atoms with Crippen LogP contribution in [0.2, 0.25) is 0 Å². The van der Waals surface area contributed by atoms with Crippen LogP contribution in [-0.2, 0) is 9.53 Å². The van der Waals surface area contributed by atoms with Crippen LogP contribution in [-0.4, -0.2) is 39.6 Å². The molecule has 200 valence electrons. The molecule has 2 atom stereocenters. The van der Waals surface area contributed by atoms with Crippen molar-refractivity contribution in [2.45, 2.75) is 32.9 Å². The van der Waals surface area contributed by atoms with E-state index in [4.69, 9.17) is 9.72 Å². The van der Waals surface area contributed by atoms with Gasteiger partial charge in [0.05, 0.1) is 34.2 Å². The highest BCUT2D eigenvalue weighted by Gasteiger charge is 2.38. The van der Waals surface area contributed by atoms with Gasteiger partial charge in [-0.25, -0.2) is 14.8 Å². The molecule has 0 saturated carbocycles. The van der Waals surface area contributed by atoms with Crippen molar-refractivity contribution in [3.8, 4) is 0 Å². The second kappa shape index (κ2) is 11.1. The largest absolute Gasteiger partial charge is 0.447 e. The molecule has 0 radical (unpaired) electrons. The summed E-state index contributed by atoms with van der Waals surface area (Å²) in [5.74, 6) is 1.60. The van der Waals surface area contributed by atoms with E-state index in [0.29, 0.717) is 29.9 Å². The Bertz CT molecular complexity index is 1500. The number of carbonyl (C=O) groups excluding carboxylic acids is 2. The lowest BCUT2D eigenvalue weighted by atomic mass is 10.0. The predicted octanol–water partition coefficient (Wildman–Crippen LogP) is 6.11. The summed E-state index contributed by atoms with van der Waals surface area (Å²) in [5, 5.41) is 11.3. The zero-order valence-electron chi connectivity index (χ0n) is 21.8. The number of cyclic esters (lactones) is 1. The van der Waals surface area contributed by atoms with Crippen LogP contribution in [0.3, 0.4) is 0 Å². The second-order valence-corrected chi connectivity index (χ2v) is 10.4. The van der Waals surface area contributed by atoms with Crippen molar-refractivity contribution < 1.29 is 14.3 Å². The molecule has 1 unspecified atom stereocenters. The molecule has 0 aliphatic carbocycles. The molecule has 11 heteroatoms. The number of hydrogen-bond acceptors (Lipinski definition) is 9. The zero-order chi connectivity index (χ0) is 27.5. The maximum Gasteiger partial charge on any atom is 0.415 e. The van der Waals surface area contributed by atoms with Gasteiger partial charge in [-0.1, -0.05) is 32.6 Å². The third kappa shape index (κ3) is 5.68. The van der Waals surface area contributed by atoms with Crippen LogP contribution < -0.4 is 20.9 Å². The Morgan fingerprint density at radius 3 is 2.59 bits per heavy atom. The Morgan fingerprint density at radius 2 is 1.90 bits per heavy atom. The van der Waals surface area contributed by atoms with Crippen molar-refractivity contribution in [1.82, 2.24) is 15.0 Å². The average molecular weight is 544 g/mol. The van der Waals surface area contributed by atoms with Crippen molar-refractivity contribution in [2.24, 2.45) is 5.92 Å². The summed E-state index contributed by atoms with van der Waals surface area (Å²) in [6.07, 6.45) is 2.41. The van der Waals surface area contributed by atoms with E-state index >= 15 is 0 Å². The molecule has 0 bridgehead atoms. The number of carbonyl (C=O) groups is 2. The van der Waals surface area contributed by atoms with Gasteiger partial charge >= 0.3 is 6.09 Å². The Labute approximate surface area is 230 Å². The summed E-state index contributed by atoms with van der Waals surface area (Å²) >= 11 is 1.51. The van der Waals surface area contributed by atoms with Gasteiger partial charge in [0.25, 0.3) is 0 Å². The fourth-order valence-electron chi connectivity index (χ4n) is 4.26. The molecule has 2 amide bonds. The molecule has 1 saturated heterocycles. The highest BCUT2D eigenvalue weighted by atomic mass is 32.1. The summed E-state index contributed by atoms with van der Waals surface area (Å²) < 4.78 is 6.23. The summed E-state index contributed by atoms with van der Waals surface area (Å²) in [6.45, 7) is 9.96. The van der Waals surface area contributed by atoms with Crippen LogP contribution in [0.15, 0.2) is 66.7 Å². The van der Waals surface area contributed by atoms with Crippen LogP contribution in [0.25, 0.3) is 10.2 Å². The predicted molar refractivity (Wildman–Crippen MR) is 155 cm³/mol. The molecular weight excluding hydrogens is 514 g/mol. The molecule has 5 rings (SSSR count). The van der Waals surface area contributed by atoms with E-state index in [9.17, 15) is 9.59 Å². The smallest absolute Gasteiger partial charge is 0.415 e. The van der Waals surface area contributed by atoms with E-state index in [-0.39, 0.29) is 30.0 Å². The van der Waals surface area contributed by atoms with Gasteiger partial charge in [-0.3, -0.25) is 9.69 Å². The van der Waals surface area contributed by atoms with Gasteiger partial charge in [0, 0.05) is 5.69 Å². The Hall–Kier alpha value is -4.51. The third-order valence-corrected chi connectivity index (χ3v) is 7.33. The van der Waals surface area contributed by atoms with Crippen LogP contribution in [0.5, 0.6) is 0 Å². The van der Waals surface area contributed by atoms with E-state index in [1.165, 1.54) is 17.4 Å². The minimum Gasteiger partial charge on any atom is -0.447 e. The maximum absolute atomic E-state index is 12.6. The van der Waals surface area contributed by atoms with Gasteiger partial charge in [-0.15, -0.1) is 11.3 Å². The molecule has 3 N–H and O–H groups in total. The van der Waals surface area contributed by atoms with Crippen molar-refractivity contribution in [2.75, 3.05) is 27.5 Å². The number of rotatable bonds is 9. The van der Waals surface area contributed by atoms with Crippen LogP contribution in [0.4, 0.5) is 33.8 Å². The number of anilines is 5. The topological polar surface area (TPSA) is 121 Å². The Morgan fingerprint density at radius 1 is 1.13 bits per heavy atom. The van der Waals surface area contributed by atoms with Crippen molar-refractivity contribution in [3.05, 3.63) is 72.3 Å². The number of fused-ring (bicyclic) bond motifs is 1. The molecule has 1 aromatic carbocycles. The minimum atomic E-state index is -0.380. The molecule has 3 aromatic heterocycles. The van der Waals surface area contributed by atoms with E-state index in [2.05, 4.69) is 46.3 Å². The van der Waals surface area contributed by atoms with Gasteiger partial charge in [0.15, 0.2) is 5.82 Å². The maximum atomic E-state index is 12.6. The lowest BCUT2D eigenvalue weighted by molar-refractivity contribution is -0.111. The summed E-state index contributed by atoms with van der Waals surface area (Å²) in [5.41, 5.74) is 3.27. The molecule has 10 nitrogen and oxygen atoms in total. The molecule has 1 fully saturated rings. The molecule has 0 spiro atoms. The van der Waals surface area contributed by atoms with Crippen molar-refractivity contribution >= 4 is 62.5 Å². The fourth-order valence-corrected chi connectivity index (χ4v) is 5.08. The number of nitrogens with zero attached hydrogens (tertiary/aromatic N) is 4. The molecular formula is C28H29N7O3S. The monoisotopic (exact) mass is 543 g/mol. The van der Waals surface area contributed by atoms with Gasteiger partial charge in [0.1, 0.15) is 12.4 Å².